The summed E-state index contributed by atoms with van der Waals surface area (Å²) in [5, 5.41) is 0. The summed E-state index contributed by atoms with van der Waals surface area (Å²) in [6, 6.07) is 8.03. The molecule has 0 radical (unpaired) electrons. The molecule has 2 rings (SSSR count). The molecule has 3 nitrogen and oxygen atoms in total. The standard InChI is InChI=1S/C21H30O3/c1-2-3-4-5-6-7-16-23-20-14-10-18(11-15-20)9-8-17-24-21(22)19-12-13-19/h8-11,14-15,19H,2-7,12-13,16-17H2,1H3. The van der Waals surface area contributed by atoms with Crippen molar-refractivity contribution in [3.05, 3.63) is 35.9 Å². The number of carbonyl (C=O) groups excluding carboxylic acids is 1. The summed E-state index contributed by atoms with van der Waals surface area (Å²) >= 11 is 0. The zero-order chi connectivity index (χ0) is 17.0. The first-order valence-electron chi connectivity index (χ1n) is 9.35. The van der Waals surface area contributed by atoms with Gasteiger partial charge in [0.2, 0.25) is 0 Å². The number of benzene rings is 1. The molecule has 1 saturated carbocycles. The molecule has 1 aliphatic carbocycles. The number of unbranched alkanes of at least 4 members (excludes halogenated alkanes) is 5. The van der Waals surface area contributed by atoms with Crippen LogP contribution in [0.4, 0.5) is 0 Å². The minimum atomic E-state index is -0.0573. The molecule has 0 spiro atoms. The van der Waals surface area contributed by atoms with E-state index in [0.29, 0.717) is 6.61 Å². The van der Waals surface area contributed by atoms with Crippen LogP contribution in [0.15, 0.2) is 30.3 Å². The van der Waals surface area contributed by atoms with E-state index in [0.717, 1.165) is 37.2 Å². The summed E-state index contributed by atoms with van der Waals surface area (Å²) in [5.41, 5.74) is 1.09. The van der Waals surface area contributed by atoms with Crippen LogP contribution < -0.4 is 4.74 Å². The van der Waals surface area contributed by atoms with Crippen molar-refractivity contribution in [1.82, 2.24) is 0 Å². The van der Waals surface area contributed by atoms with E-state index in [-0.39, 0.29) is 11.9 Å². The van der Waals surface area contributed by atoms with Crippen molar-refractivity contribution in [3.8, 4) is 5.75 Å². The van der Waals surface area contributed by atoms with Gasteiger partial charge in [-0.25, -0.2) is 0 Å². The van der Waals surface area contributed by atoms with E-state index in [2.05, 4.69) is 6.92 Å². The number of rotatable bonds is 12. The first-order valence-corrected chi connectivity index (χ1v) is 9.35. The topological polar surface area (TPSA) is 35.5 Å². The second kappa shape index (κ2) is 10.9. The summed E-state index contributed by atoms with van der Waals surface area (Å²) in [4.78, 5) is 11.4. The van der Waals surface area contributed by atoms with Crippen molar-refractivity contribution in [1.29, 1.82) is 0 Å². The fourth-order valence-corrected chi connectivity index (χ4v) is 2.50. The minimum absolute atomic E-state index is 0.0573. The molecule has 1 aromatic carbocycles. The molecule has 0 atom stereocenters. The SMILES string of the molecule is CCCCCCCCOc1ccc(C=CCOC(=O)C2CC2)cc1. The maximum atomic E-state index is 11.4. The molecule has 0 heterocycles. The van der Waals surface area contributed by atoms with E-state index in [9.17, 15) is 4.79 Å². The van der Waals surface area contributed by atoms with Crippen LogP contribution in [0.1, 0.15) is 63.9 Å². The smallest absolute Gasteiger partial charge is 0.309 e. The van der Waals surface area contributed by atoms with Gasteiger partial charge in [0.05, 0.1) is 12.5 Å². The van der Waals surface area contributed by atoms with Gasteiger partial charge in [0, 0.05) is 0 Å². The van der Waals surface area contributed by atoms with Crippen molar-refractivity contribution < 1.29 is 14.3 Å². The van der Waals surface area contributed by atoms with E-state index < -0.39 is 0 Å². The highest BCUT2D eigenvalue weighted by atomic mass is 16.5. The molecule has 0 bridgehead atoms. The number of esters is 1. The van der Waals surface area contributed by atoms with E-state index in [1.165, 1.54) is 32.1 Å². The maximum Gasteiger partial charge on any atom is 0.309 e. The van der Waals surface area contributed by atoms with Crippen LogP contribution in [0, 0.1) is 5.92 Å². The Balaban J connectivity index is 1.57. The van der Waals surface area contributed by atoms with Crippen molar-refractivity contribution in [2.24, 2.45) is 5.92 Å². The highest BCUT2D eigenvalue weighted by molar-refractivity contribution is 5.75. The van der Waals surface area contributed by atoms with Crippen molar-refractivity contribution in [3.63, 3.8) is 0 Å². The second-order valence-corrected chi connectivity index (χ2v) is 6.49. The van der Waals surface area contributed by atoms with Crippen LogP contribution in [0.5, 0.6) is 5.75 Å². The third kappa shape index (κ3) is 7.67. The molecule has 0 amide bonds. The van der Waals surface area contributed by atoms with Crippen LogP contribution in [-0.2, 0) is 9.53 Å². The zero-order valence-electron chi connectivity index (χ0n) is 14.8. The molecule has 1 aromatic rings. The summed E-state index contributed by atoms with van der Waals surface area (Å²) < 4.78 is 10.9. The minimum Gasteiger partial charge on any atom is -0.494 e. The van der Waals surface area contributed by atoms with Crippen LogP contribution >= 0.6 is 0 Å². The third-order valence-corrected chi connectivity index (χ3v) is 4.19. The molecular formula is C21H30O3. The van der Waals surface area contributed by atoms with Gasteiger partial charge in [-0.05, 0) is 43.0 Å². The first-order chi connectivity index (χ1) is 11.8. The Kier molecular flexibility index (Phi) is 8.43. The largest absolute Gasteiger partial charge is 0.494 e. The molecule has 0 aliphatic heterocycles. The Hall–Kier alpha value is -1.77. The van der Waals surface area contributed by atoms with Gasteiger partial charge in [0.25, 0.3) is 0 Å². The Morgan fingerprint density at radius 3 is 2.50 bits per heavy atom. The van der Waals surface area contributed by atoms with E-state index in [1.54, 1.807) is 0 Å². The molecule has 0 aromatic heterocycles. The third-order valence-electron chi connectivity index (χ3n) is 4.19. The molecule has 132 valence electrons. The molecule has 0 unspecified atom stereocenters. The molecule has 0 N–H and O–H groups in total. The fraction of sp³-hybridized carbons (Fsp3) is 0.571. The normalized spacial score (nSPS) is 14.0. The van der Waals surface area contributed by atoms with Crippen LogP contribution in [0.3, 0.4) is 0 Å². The van der Waals surface area contributed by atoms with Gasteiger partial charge < -0.3 is 9.47 Å². The lowest BCUT2D eigenvalue weighted by Crippen LogP contribution is -2.05. The highest BCUT2D eigenvalue weighted by Crippen LogP contribution is 2.29. The number of ether oxygens (including phenoxy) is 2. The predicted molar refractivity (Wildman–Crippen MR) is 98.0 cm³/mol. The lowest BCUT2D eigenvalue weighted by atomic mass is 10.1. The van der Waals surface area contributed by atoms with Crippen LogP contribution in [0.2, 0.25) is 0 Å². The van der Waals surface area contributed by atoms with Crippen molar-refractivity contribution in [2.45, 2.75) is 58.3 Å². The molecule has 3 heteroatoms. The highest BCUT2D eigenvalue weighted by Gasteiger charge is 2.30. The molecular weight excluding hydrogens is 300 g/mol. The molecule has 1 aliphatic rings. The van der Waals surface area contributed by atoms with E-state index in [1.807, 2.05) is 36.4 Å². The maximum absolute atomic E-state index is 11.4. The molecule has 24 heavy (non-hydrogen) atoms. The molecule has 1 fully saturated rings. The average Bonchev–Trinajstić information content (AvgIpc) is 3.44. The average molecular weight is 330 g/mol. The second-order valence-electron chi connectivity index (χ2n) is 6.49. The van der Waals surface area contributed by atoms with Gasteiger partial charge in [-0.2, -0.15) is 0 Å². The number of hydrogen-bond donors (Lipinski definition) is 0. The monoisotopic (exact) mass is 330 g/mol. The summed E-state index contributed by atoms with van der Waals surface area (Å²) in [5.74, 6) is 1.03. The van der Waals surface area contributed by atoms with E-state index >= 15 is 0 Å². The summed E-state index contributed by atoms with van der Waals surface area (Å²) in [6.07, 6.45) is 13.5. The zero-order valence-corrected chi connectivity index (χ0v) is 14.8. The van der Waals surface area contributed by atoms with Crippen molar-refractivity contribution >= 4 is 12.0 Å². The quantitative estimate of drug-likeness (QED) is 0.380. The van der Waals surface area contributed by atoms with Gasteiger partial charge in [0.1, 0.15) is 12.4 Å². The Morgan fingerprint density at radius 2 is 1.79 bits per heavy atom. The van der Waals surface area contributed by atoms with Gasteiger partial charge >= 0.3 is 5.97 Å². The fourth-order valence-electron chi connectivity index (χ4n) is 2.50. The number of carbonyl (C=O) groups is 1. The Bertz CT molecular complexity index is 500. The number of hydrogen-bond acceptors (Lipinski definition) is 3. The molecule has 0 saturated heterocycles. The van der Waals surface area contributed by atoms with Crippen LogP contribution in [-0.4, -0.2) is 19.2 Å². The van der Waals surface area contributed by atoms with E-state index in [4.69, 9.17) is 9.47 Å². The summed E-state index contributed by atoms with van der Waals surface area (Å²) in [7, 11) is 0. The Morgan fingerprint density at radius 1 is 1.08 bits per heavy atom. The van der Waals surface area contributed by atoms with Crippen molar-refractivity contribution in [2.75, 3.05) is 13.2 Å². The van der Waals surface area contributed by atoms with Gasteiger partial charge in [-0.1, -0.05) is 57.2 Å². The van der Waals surface area contributed by atoms with Gasteiger partial charge in [-0.3, -0.25) is 4.79 Å². The van der Waals surface area contributed by atoms with Crippen LogP contribution in [0.25, 0.3) is 6.08 Å². The first kappa shape index (κ1) is 18.6. The summed E-state index contributed by atoms with van der Waals surface area (Å²) in [6.45, 7) is 3.38. The Labute approximate surface area is 146 Å². The predicted octanol–water partition coefficient (Wildman–Crippen LogP) is 5.39. The lowest BCUT2D eigenvalue weighted by molar-refractivity contribution is -0.143. The lowest BCUT2D eigenvalue weighted by Gasteiger charge is -2.06. The van der Waals surface area contributed by atoms with Gasteiger partial charge in [-0.15, -0.1) is 0 Å². The van der Waals surface area contributed by atoms with Gasteiger partial charge in [0.15, 0.2) is 0 Å².